The number of allylic oxidation sites excluding steroid dienone is 4. The van der Waals surface area contributed by atoms with Crippen LogP contribution in [0.1, 0.15) is 46.0 Å². The summed E-state index contributed by atoms with van der Waals surface area (Å²) in [6, 6.07) is 0. The van der Waals surface area contributed by atoms with Gasteiger partial charge in [0.05, 0.1) is 0 Å². The topological polar surface area (TPSA) is 29.1 Å². The second kappa shape index (κ2) is 11.0. The summed E-state index contributed by atoms with van der Waals surface area (Å²) in [4.78, 5) is 11.2. The first-order chi connectivity index (χ1) is 7.31. The van der Waals surface area contributed by atoms with Crippen molar-refractivity contribution >= 4 is 5.91 Å². The first kappa shape index (κ1) is 13.9. The molecule has 0 aromatic heterocycles. The molecule has 0 aromatic rings. The zero-order valence-corrected chi connectivity index (χ0v) is 9.96. The SMILES string of the molecule is CCCC=C/C=C\CCC(=O)NCCC. The molecule has 0 rings (SSSR count). The molecule has 86 valence electrons. The lowest BCUT2D eigenvalue weighted by molar-refractivity contribution is -0.120. The van der Waals surface area contributed by atoms with Crippen molar-refractivity contribution in [2.24, 2.45) is 0 Å². The van der Waals surface area contributed by atoms with Gasteiger partial charge in [-0.25, -0.2) is 0 Å². The molecule has 0 aromatic carbocycles. The molecular formula is C13H23NO. The molecule has 1 N–H and O–H groups in total. The van der Waals surface area contributed by atoms with Crippen molar-refractivity contribution in [2.45, 2.75) is 46.0 Å². The van der Waals surface area contributed by atoms with Crippen molar-refractivity contribution in [3.63, 3.8) is 0 Å². The molecule has 0 fully saturated rings. The Hall–Kier alpha value is -1.05. The number of hydrogen-bond donors (Lipinski definition) is 1. The summed E-state index contributed by atoms with van der Waals surface area (Å²) in [6.07, 6.45) is 13.0. The van der Waals surface area contributed by atoms with Gasteiger partial charge in [0, 0.05) is 13.0 Å². The second-order valence-corrected chi connectivity index (χ2v) is 3.53. The number of nitrogens with one attached hydrogen (secondary N) is 1. The first-order valence-electron chi connectivity index (χ1n) is 5.89. The maximum absolute atomic E-state index is 11.2. The third kappa shape index (κ3) is 10.9. The Morgan fingerprint density at radius 2 is 1.73 bits per heavy atom. The lowest BCUT2D eigenvalue weighted by atomic mass is 10.2. The van der Waals surface area contributed by atoms with Gasteiger partial charge in [0.15, 0.2) is 0 Å². The van der Waals surface area contributed by atoms with Crippen molar-refractivity contribution in [2.75, 3.05) is 6.54 Å². The largest absolute Gasteiger partial charge is 0.356 e. The molecule has 0 unspecified atom stereocenters. The minimum absolute atomic E-state index is 0.152. The van der Waals surface area contributed by atoms with E-state index < -0.39 is 0 Å². The lowest BCUT2D eigenvalue weighted by Gasteiger charge is -2.00. The van der Waals surface area contributed by atoms with Crippen molar-refractivity contribution in [1.29, 1.82) is 0 Å². The number of carbonyl (C=O) groups excluding carboxylic acids is 1. The molecule has 15 heavy (non-hydrogen) atoms. The van der Waals surface area contributed by atoms with Crippen molar-refractivity contribution in [3.05, 3.63) is 24.3 Å². The minimum atomic E-state index is 0.152. The summed E-state index contributed by atoms with van der Waals surface area (Å²) in [6.45, 7) is 5.00. The maximum atomic E-state index is 11.2. The summed E-state index contributed by atoms with van der Waals surface area (Å²) in [5.74, 6) is 0.152. The van der Waals surface area contributed by atoms with E-state index in [0.29, 0.717) is 6.42 Å². The predicted molar refractivity (Wildman–Crippen MR) is 65.7 cm³/mol. The fourth-order valence-corrected chi connectivity index (χ4v) is 1.08. The van der Waals surface area contributed by atoms with Crippen LogP contribution in [0.3, 0.4) is 0 Å². The monoisotopic (exact) mass is 209 g/mol. The molecule has 1 amide bonds. The number of amides is 1. The number of unbranched alkanes of at least 4 members (excludes halogenated alkanes) is 1. The van der Waals surface area contributed by atoms with Crippen LogP contribution in [-0.4, -0.2) is 12.5 Å². The molecule has 0 spiro atoms. The van der Waals surface area contributed by atoms with Crippen LogP contribution < -0.4 is 5.32 Å². The van der Waals surface area contributed by atoms with Gasteiger partial charge in [0.1, 0.15) is 0 Å². The number of hydrogen-bond acceptors (Lipinski definition) is 1. The van der Waals surface area contributed by atoms with Gasteiger partial charge >= 0.3 is 0 Å². The van der Waals surface area contributed by atoms with Crippen LogP contribution in [-0.2, 0) is 4.79 Å². The summed E-state index contributed by atoms with van der Waals surface area (Å²) >= 11 is 0. The summed E-state index contributed by atoms with van der Waals surface area (Å²) < 4.78 is 0. The van der Waals surface area contributed by atoms with Gasteiger partial charge < -0.3 is 5.32 Å². The highest BCUT2D eigenvalue weighted by Crippen LogP contribution is 1.93. The Morgan fingerprint density at radius 3 is 2.33 bits per heavy atom. The van der Waals surface area contributed by atoms with Crippen LogP contribution in [0.25, 0.3) is 0 Å². The number of rotatable bonds is 8. The van der Waals surface area contributed by atoms with Gasteiger partial charge in [0.2, 0.25) is 5.91 Å². The van der Waals surface area contributed by atoms with E-state index >= 15 is 0 Å². The van der Waals surface area contributed by atoms with Gasteiger partial charge in [-0.3, -0.25) is 4.79 Å². The van der Waals surface area contributed by atoms with E-state index in [4.69, 9.17) is 0 Å². The van der Waals surface area contributed by atoms with Gasteiger partial charge in [0.25, 0.3) is 0 Å². The van der Waals surface area contributed by atoms with E-state index in [-0.39, 0.29) is 5.91 Å². The lowest BCUT2D eigenvalue weighted by Crippen LogP contribution is -2.23. The second-order valence-electron chi connectivity index (χ2n) is 3.53. The van der Waals surface area contributed by atoms with Crippen molar-refractivity contribution < 1.29 is 4.79 Å². The van der Waals surface area contributed by atoms with Crippen LogP contribution in [0.2, 0.25) is 0 Å². The Balaban J connectivity index is 3.39. The molecule has 0 atom stereocenters. The third-order valence-electron chi connectivity index (χ3n) is 1.95. The van der Waals surface area contributed by atoms with E-state index in [0.717, 1.165) is 25.8 Å². The molecule has 0 saturated heterocycles. The normalized spacial score (nSPS) is 11.3. The van der Waals surface area contributed by atoms with Crippen LogP contribution in [0.15, 0.2) is 24.3 Å². The van der Waals surface area contributed by atoms with E-state index in [1.807, 2.05) is 18.2 Å². The van der Waals surface area contributed by atoms with E-state index in [1.165, 1.54) is 6.42 Å². The minimum Gasteiger partial charge on any atom is -0.356 e. The van der Waals surface area contributed by atoms with E-state index in [1.54, 1.807) is 0 Å². The molecule has 0 heterocycles. The first-order valence-corrected chi connectivity index (χ1v) is 5.89. The average molecular weight is 209 g/mol. The highest BCUT2D eigenvalue weighted by Gasteiger charge is 1.95. The fraction of sp³-hybridized carbons (Fsp3) is 0.615. The zero-order valence-electron chi connectivity index (χ0n) is 9.96. The molecule has 2 nitrogen and oxygen atoms in total. The van der Waals surface area contributed by atoms with Crippen molar-refractivity contribution in [1.82, 2.24) is 5.32 Å². The Kier molecular flexibility index (Phi) is 10.3. The molecule has 0 aliphatic rings. The molecule has 2 heteroatoms. The average Bonchev–Trinajstić information content (AvgIpc) is 2.25. The summed E-state index contributed by atoms with van der Waals surface area (Å²) in [7, 11) is 0. The zero-order chi connectivity index (χ0) is 11.4. The molecule has 0 saturated carbocycles. The highest BCUT2D eigenvalue weighted by molar-refractivity contribution is 5.75. The molecular weight excluding hydrogens is 186 g/mol. The predicted octanol–water partition coefficient (Wildman–Crippen LogP) is 3.21. The molecule has 0 aliphatic heterocycles. The van der Waals surface area contributed by atoms with Crippen LogP contribution in [0, 0.1) is 0 Å². The van der Waals surface area contributed by atoms with Crippen LogP contribution >= 0.6 is 0 Å². The van der Waals surface area contributed by atoms with Gasteiger partial charge in [-0.1, -0.05) is 44.6 Å². The Morgan fingerprint density at radius 1 is 1.07 bits per heavy atom. The Bertz CT molecular complexity index is 207. The van der Waals surface area contributed by atoms with Crippen molar-refractivity contribution in [3.8, 4) is 0 Å². The molecule has 0 radical (unpaired) electrons. The maximum Gasteiger partial charge on any atom is 0.220 e. The summed E-state index contributed by atoms with van der Waals surface area (Å²) in [5.41, 5.74) is 0. The highest BCUT2D eigenvalue weighted by atomic mass is 16.1. The Labute approximate surface area is 93.5 Å². The molecule has 0 aliphatic carbocycles. The quantitative estimate of drug-likeness (QED) is 0.611. The smallest absolute Gasteiger partial charge is 0.220 e. The summed E-state index contributed by atoms with van der Waals surface area (Å²) in [5, 5.41) is 2.85. The third-order valence-corrected chi connectivity index (χ3v) is 1.95. The standard InChI is InChI=1S/C13H23NO/c1-3-5-6-7-8-9-10-11-13(15)14-12-4-2/h6-9H,3-5,10-12H2,1-2H3,(H,14,15)/b7-6?,9-8-. The van der Waals surface area contributed by atoms with E-state index in [2.05, 4.69) is 25.2 Å². The fourth-order valence-electron chi connectivity index (χ4n) is 1.08. The molecule has 0 bridgehead atoms. The van der Waals surface area contributed by atoms with Crippen LogP contribution in [0.4, 0.5) is 0 Å². The van der Waals surface area contributed by atoms with Gasteiger partial charge in [-0.2, -0.15) is 0 Å². The number of carbonyl (C=O) groups is 1. The van der Waals surface area contributed by atoms with Crippen LogP contribution in [0.5, 0.6) is 0 Å². The van der Waals surface area contributed by atoms with Gasteiger partial charge in [-0.05, 0) is 19.3 Å². The van der Waals surface area contributed by atoms with E-state index in [9.17, 15) is 4.79 Å². The van der Waals surface area contributed by atoms with Gasteiger partial charge in [-0.15, -0.1) is 0 Å².